The number of hydrogen-bond donors (Lipinski definition) is 1. The largest absolute Gasteiger partial charge is 0.481 e. The first kappa shape index (κ1) is 18.9. The fourth-order valence-corrected chi connectivity index (χ4v) is 5.41. The number of hydrogen-bond acceptors (Lipinski definition) is 5. The molecule has 1 amide bonds. The predicted molar refractivity (Wildman–Crippen MR) is 109 cm³/mol. The summed E-state index contributed by atoms with van der Waals surface area (Å²) in [6, 6.07) is 8.39. The van der Waals surface area contributed by atoms with E-state index in [1.165, 1.54) is 35.2 Å². The van der Waals surface area contributed by atoms with Crippen molar-refractivity contribution in [2.45, 2.75) is 37.0 Å². The van der Waals surface area contributed by atoms with Crippen LogP contribution in [0.25, 0.3) is 10.2 Å². The van der Waals surface area contributed by atoms with E-state index in [2.05, 4.69) is 4.98 Å². The van der Waals surface area contributed by atoms with Crippen LogP contribution in [0.2, 0.25) is 0 Å². The zero-order valence-electron chi connectivity index (χ0n) is 15.2. The lowest BCUT2D eigenvalue weighted by Gasteiger charge is -2.33. The average molecular weight is 416 g/mol. The number of rotatable bonds is 4. The standard InChI is InChI=1S/C20H17FN2O3S2/c1-10-5-14-16(6-11(10)2)27-17(8-19(24)25)20(26)23(14)9-18-22-13-7-12(21)3-4-15(13)28-18/h3-7,17H,8-9H2,1-2H3,(H,24,25). The van der Waals surface area contributed by atoms with Gasteiger partial charge in [-0.05, 0) is 49.2 Å². The Kier molecular flexibility index (Phi) is 4.84. The zero-order chi connectivity index (χ0) is 20.0. The van der Waals surface area contributed by atoms with Crippen molar-refractivity contribution < 1.29 is 19.1 Å². The summed E-state index contributed by atoms with van der Waals surface area (Å²) in [7, 11) is 0. The molecule has 5 nitrogen and oxygen atoms in total. The highest BCUT2D eigenvalue weighted by Crippen LogP contribution is 2.42. The van der Waals surface area contributed by atoms with Crippen LogP contribution in [0.1, 0.15) is 22.6 Å². The monoisotopic (exact) mass is 416 g/mol. The van der Waals surface area contributed by atoms with Crippen LogP contribution in [-0.4, -0.2) is 27.2 Å². The van der Waals surface area contributed by atoms with Crippen LogP contribution in [0.3, 0.4) is 0 Å². The molecule has 1 atom stereocenters. The van der Waals surface area contributed by atoms with E-state index >= 15 is 0 Å². The highest BCUT2D eigenvalue weighted by Gasteiger charge is 2.35. The van der Waals surface area contributed by atoms with Crippen molar-refractivity contribution in [3.63, 3.8) is 0 Å². The molecule has 0 bridgehead atoms. The number of aliphatic carboxylic acids is 1. The fraction of sp³-hybridized carbons (Fsp3) is 0.250. The van der Waals surface area contributed by atoms with Gasteiger partial charge in [-0.3, -0.25) is 9.59 Å². The number of amides is 1. The van der Waals surface area contributed by atoms with Gasteiger partial charge in [0.2, 0.25) is 5.91 Å². The molecule has 0 saturated carbocycles. The van der Waals surface area contributed by atoms with Crippen molar-refractivity contribution in [3.8, 4) is 0 Å². The third-order valence-electron chi connectivity index (χ3n) is 4.72. The normalized spacial score (nSPS) is 16.5. The zero-order valence-corrected chi connectivity index (χ0v) is 16.9. The van der Waals surface area contributed by atoms with Crippen LogP contribution in [0.15, 0.2) is 35.2 Å². The first-order valence-electron chi connectivity index (χ1n) is 8.68. The number of thiazole rings is 1. The van der Waals surface area contributed by atoms with Crippen molar-refractivity contribution in [1.29, 1.82) is 0 Å². The first-order valence-corrected chi connectivity index (χ1v) is 10.4. The lowest BCUT2D eigenvalue weighted by molar-refractivity contribution is -0.138. The summed E-state index contributed by atoms with van der Waals surface area (Å²) in [6.45, 7) is 4.20. The van der Waals surface area contributed by atoms with Gasteiger partial charge >= 0.3 is 5.97 Å². The minimum atomic E-state index is -1.01. The molecular formula is C20H17FN2O3S2. The Bertz CT molecular complexity index is 1110. The molecule has 1 aliphatic rings. The molecule has 1 aromatic heterocycles. The van der Waals surface area contributed by atoms with Crippen molar-refractivity contribution in [2.24, 2.45) is 0 Å². The second-order valence-electron chi connectivity index (χ2n) is 6.75. The summed E-state index contributed by atoms with van der Waals surface area (Å²) in [6.07, 6.45) is -0.239. The van der Waals surface area contributed by atoms with Crippen LogP contribution in [-0.2, 0) is 16.1 Å². The maximum absolute atomic E-state index is 13.5. The number of thioether (sulfide) groups is 1. The highest BCUT2D eigenvalue weighted by atomic mass is 32.2. The summed E-state index contributed by atoms with van der Waals surface area (Å²) >= 11 is 2.70. The lowest BCUT2D eigenvalue weighted by atomic mass is 10.1. The number of aryl methyl sites for hydroxylation is 2. The Morgan fingerprint density at radius 2 is 2.00 bits per heavy atom. The van der Waals surface area contributed by atoms with E-state index in [0.29, 0.717) is 10.5 Å². The van der Waals surface area contributed by atoms with Crippen LogP contribution < -0.4 is 4.90 Å². The van der Waals surface area contributed by atoms with Gasteiger partial charge in [0.1, 0.15) is 10.8 Å². The molecule has 28 heavy (non-hydrogen) atoms. The highest BCUT2D eigenvalue weighted by molar-refractivity contribution is 8.01. The van der Waals surface area contributed by atoms with E-state index in [1.54, 1.807) is 11.0 Å². The molecule has 0 radical (unpaired) electrons. The van der Waals surface area contributed by atoms with Gasteiger partial charge in [0.15, 0.2) is 0 Å². The van der Waals surface area contributed by atoms with Gasteiger partial charge < -0.3 is 10.0 Å². The van der Waals surface area contributed by atoms with Crippen LogP contribution >= 0.6 is 23.1 Å². The smallest absolute Gasteiger partial charge is 0.305 e. The summed E-state index contributed by atoms with van der Waals surface area (Å²) in [5.74, 6) is -1.60. The van der Waals surface area contributed by atoms with Gasteiger partial charge in [-0.25, -0.2) is 9.37 Å². The van der Waals surface area contributed by atoms with Crippen molar-refractivity contribution in [2.75, 3.05) is 4.90 Å². The fourth-order valence-electron chi connectivity index (χ4n) is 3.18. The molecule has 2 aromatic carbocycles. The van der Waals surface area contributed by atoms with Gasteiger partial charge in [0.05, 0.1) is 34.1 Å². The lowest BCUT2D eigenvalue weighted by Crippen LogP contribution is -2.41. The predicted octanol–water partition coefficient (Wildman–Crippen LogP) is 4.53. The molecular weight excluding hydrogens is 399 g/mol. The van der Waals surface area contributed by atoms with Gasteiger partial charge in [-0.15, -0.1) is 23.1 Å². The number of benzene rings is 2. The topological polar surface area (TPSA) is 70.5 Å². The van der Waals surface area contributed by atoms with Crippen LogP contribution in [0.4, 0.5) is 10.1 Å². The molecule has 2 heterocycles. The molecule has 0 aliphatic carbocycles. The number of carboxylic acids is 1. The van der Waals surface area contributed by atoms with Crippen molar-refractivity contribution >= 4 is 50.9 Å². The number of halogens is 1. The summed E-state index contributed by atoms with van der Waals surface area (Å²) in [5.41, 5.74) is 3.47. The number of anilines is 1. The molecule has 1 aliphatic heterocycles. The van der Waals surface area contributed by atoms with E-state index in [9.17, 15) is 19.1 Å². The van der Waals surface area contributed by atoms with Crippen LogP contribution in [0, 0.1) is 19.7 Å². The number of carbonyl (C=O) groups excluding carboxylic acids is 1. The molecule has 8 heteroatoms. The number of fused-ring (bicyclic) bond motifs is 2. The Hall–Kier alpha value is -2.45. The summed E-state index contributed by atoms with van der Waals surface area (Å²) < 4.78 is 14.3. The Morgan fingerprint density at radius 1 is 1.25 bits per heavy atom. The Labute approximate surface area is 169 Å². The quantitative estimate of drug-likeness (QED) is 0.676. The number of carboxylic acid groups (broad SMARTS) is 1. The van der Waals surface area contributed by atoms with Crippen LogP contribution in [0.5, 0.6) is 0 Å². The number of nitrogens with zero attached hydrogens (tertiary/aromatic N) is 2. The number of aromatic nitrogens is 1. The molecule has 144 valence electrons. The first-order chi connectivity index (χ1) is 13.3. The molecule has 1 N–H and O–H groups in total. The average Bonchev–Trinajstić information content (AvgIpc) is 3.01. The SMILES string of the molecule is Cc1cc2c(cc1C)N(Cc1nc3cc(F)ccc3s1)C(=O)C(CC(=O)O)S2. The minimum Gasteiger partial charge on any atom is -0.481 e. The van der Waals surface area contributed by atoms with Gasteiger partial charge in [-0.1, -0.05) is 0 Å². The maximum Gasteiger partial charge on any atom is 0.305 e. The molecule has 3 aromatic rings. The summed E-state index contributed by atoms with van der Waals surface area (Å²) in [4.78, 5) is 31.2. The Balaban J connectivity index is 1.75. The van der Waals surface area contributed by atoms with Gasteiger partial charge in [-0.2, -0.15) is 0 Å². The van der Waals surface area contributed by atoms with Crippen molar-refractivity contribution in [3.05, 3.63) is 52.3 Å². The molecule has 0 spiro atoms. The van der Waals surface area contributed by atoms with E-state index < -0.39 is 11.2 Å². The van der Waals surface area contributed by atoms with Gasteiger partial charge in [0.25, 0.3) is 0 Å². The molecule has 4 rings (SSSR count). The summed E-state index contributed by atoms with van der Waals surface area (Å²) in [5, 5.41) is 9.20. The third kappa shape index (κ3) is 3.49. The maximum atomic E-state index is 13.5. The second-order valence-corrected chi connectivity index (χ2v) is 9.11. The minimum absolute atomic E-state index is 0.228. The Morgan fingerprint density at radius 3 is 2.75 bits per heavy atom. The van der Waals surface area contributed by atoms with E-state index in [0.717, 1.165) is 26.4 Å². The van der Waals surface area contributed by atoms with Crippen molar-refractivity contribution in [1.82, 2.24) is 4.98 Å². The molecule has 1 unspecified atom stereocenters. The van der Waals surface area contributed by atoms with Gasteiger partial charge in [0, 0.05) is 11.0 Å². The molecule has 0 saturated heterocycles. The second kappa shape index (κ2) is 7.18. The third-order valence-corrected chi connectivity index (χ3v) is 6.98. The van der Waals surface area contributed by atoms with E-state index in [4.69, 9.17) is 0 Å². The van der Waals surface area contributed by atoms with E-state index in [1.807, 2.05) is 26.0 Å². The van der Waals surface area contributed by atoms with E-state index in [-0.39, 0.29) is 24.7 Å². The number of carbonyl (C=O) groups is 2. The molecule has 0 fully saturated rings.